The van der Waals surface area contributed by atoms with Crippen LogP contribution in [-0.2, 0) is 11.8 Å². The van der Waals surface area contributed by atoms with Crippen LogP contribution in [0.2, 0.25) is 0 Å². The van der Waals surface area contributed by atoms with Gasteiger partial charge in [0.05, 0.1) is 0 Å². The van der Waals surface area contributed by atoms with Gasteiger partial charge in [-0.2, -0.15) is 0 Å². The molecule has 0 radical (unpaired) electrons. The molecule has 0 spiro atoms. The number of thiol groups is 1. The van der Waals surface area contributed by atoms with Gasteiger partial charge in [0.15, 0.2) is 0 Å². The normalized spacial score (nSPS) is 9.83. The van der Waals surface area contributed by atoms with Crippen LogP contribution >= 0.6 is 17.9 Å². The van der Waals surface area contributed by atoms with Crippen LogP contribution in [0, 0.1) is 0 Å². The molecule has 0 atom stereocenters. The van der Waals surface area contributed by atoms with E-state index in [9.17, 15) is 0 Å². The summed E-state index contributed by atoms with van der Waals surface area (Å²) in [6, 6.07) is 0. The van der Waals surface area contributed by atoms with E-state index in [4.69, 9.17) is 9.79 Å². The van der Waals surface area contributed by atoms with Crippen molar-refractivity contribution >= 4 is 56.0 Å². The summed E-state index contributed by atoms with van der Waals surface area (Å²) in [6.45, 7) is 0. The predicted molar refractivity (Wildman–Crippen MR) is 37.6 cm³/mol. The standard InChI is InChI=1S/Bi.H3O2PS2.3H/c;1-3(2,4)5;;;/h;(H3,1,2,4,5);;;. The van der Waals surface area contributed by atoms with Gasteiger partial charge in [0.25, 0.3) is 0 Å². The van der Waals surface area contributed by atoms with Crippen molar-refractivity contribution < 1.29 is 9.79 Å². The zero-order valence-corrected chi connectivity index (χ0v) is 11.0. The first kappa shape index (κ1) is 10.7. The first-order valence-electron chi connectivity index (χ1n) is 0.783. The molecule has 0 heterocycles. The van der Waals surface area contributed by atoms with Crippen molar-refractivity contribution in [1.29, 1.82) is 0 Å². The van der Waals surface area contributed by atoms with Crippen molar-refractivity contribution in [1.82, 2.24) is 0 Å². The van der Waals surface area contributed by atoms with Gasteiger partial charge in [-0.25, -0.2) is 0 Å². The summed E-state index contributed by atoms with van der Waals surface area (Å²) in [4.78, 5) is 15.7. The molecular weight excluding hydrogens is 336 g/mol. The van der Waals surface area contributed by atoms with Crippen LogP contribution < -0.4 is 0 Å². The first-order chi connectivity index (χ1) is 2.00. The monoisotopic (exact) mass is 342 g/mol. The fourth-order valence-corrected chi connectivity index (χ4v) is 0. The molecule has 2 N–H and O–H groups in total. The number of rotatable bonds is 0. The Kier molecular flexibility index (Phi) is 6.73. The third kappa shape index (κ3) is 41.2. The molecular formula is H6BiO2PS2. The zero-order valence-electron chi connectivity index (χ0n) is 2.90. The molecule has 2 nitrogen and oxygen atoms in total. The van der Waals surface area contributed by atoms with E-state index in [0.717, 1.165) is 0 Å². The van der Waals surface area contributed by atoms with Crippen LogP contribution in [0.3, 0.4) is 0 Å². The average Bonchev–Trinajstić information content (AvgIpc) is 0.722. The molecule has 0 fully saturated rings. The van der Waals surface area contributed by atoms with Gasteiger partial charge >= 0.3 is 26.2 Å². The van der Waals surface area contributed by atoms with Crippen molar-refractivity contribution in [3.05, 3.63) is 0 Å². The van der Waals surface area contributed by atoms with Crippen LogP contribution in [0.25, 0.3) is 0 Å². The third-order valence-electron chi connectivity index (χ3n) is 0. The Bertz CT molecular complexity index is 57.7. The predicted octanol–water partition coefficient (Wildman–Crippen LogP) is -1.06. The molecule has 6 heavy (non-hydrogen) atoms. The Morgan fingerprint density at radius 1 is 1.50 bits per heavy atom. The van der Waals surface area contributed by atoms with Gasteiger partial charge in [-0.15, -0.1) is 0 Å². The zero-order chi connectivity index (χ0) is 4.50. The van der Waals surface area contributed by atoms with E-state index in [1.54, 1.807) is 0 Å². The van der Waals surface area contributed by atoms with E-state index in [-0.39, 0.29) is 26.2 Å². The summed E-state index contributed by atoms with van der Waals surface area (Å²) in [6.07, 6.45) is 0. The van der Waals surface area contributed by atoms with E-state index < -0.39 is 5.69 Å². The molecule has 0 aromatic rings. The third-order valence-corrected chi connectivity index (χ3v) is 0. The van der Waals surface area contributed by atoms with Gasteiger partial charge in [-0.05, 0) is 11.8 Å². The van der Waals surface area contributed by atoms with Crippen LogP contribution in [0.1, 0.15) is 0 Å². The Labute approximate surface area is 65.4 Å². The minimum atomic E-state index is -3.11. The quantitative estimate of drug-likeness (QED) is 0.299. The molecule has 0 aromatic carbocycles. The topological polar surface area (TPSA) is 40.5 Å². The Hall–Kier alpha value is 1.80. The van der Waals surface area contributed by atoms with Gasteiger partial charge < -0.3 is 9.79 Å². The fraction of sp³-hybridized carbons (Fsp3) is 0. The van der Waals surface area contributed by atoms with Crippen LogP contribution in [0.4, 0.5) is 0 Å². The Morgan fingerprint density at radius 2 is 1.50 bits per heavy atom. The molecule has 0 bridgehead atoms. The minimum absolute atomic E-state index is 0. The average molecular weight is 342 g/mol. The van der Waals surface area contributed by atoms with Crippen molar-refractivity contribution in [3.8, 4) is 0 Å². The van der Waals surface area contributed by atoms with E-state index in [1.165, 1.54) is 0 Å². The van der Waals surface area contributed by atoms with Crippen LogP contribution in [0.5, 0.6) is 0 Å². The SMILES string of the molecule is OP(O)(=S)S.[BiH3]. The van der Waals surface area contributed by atoms with Gasteiger partial charge in [-0.1, -0.05) is 12.2 Å². The molecule has 40 valence electrons. The molecule has 0 aliphatic carbocycles. The molecule has 0 saturated heterocycles. The fourth-order valence-electron chi connectivity index (χ4n) is 0. The second-order valence-electron chi connectivity index (χ2n) is 0.513. The molecule has 0 saturated carbocycles. The number of hydrogen-bond acceptors (Lipinski definition) is 1. The second-order valence-corrected chi connectivity index (χ2v) is 5.55. The van der Waals surface area contributed by atoms with E-state index in [0.29, 0.717) is 0 Å². The molecule has 0 rings (SSSR count). The van der Waals surface area contributed by atoms with E-state index in [1.807, 2.05) is 0 Å². The first-order valence-corrected chi connectivity index (χ1v) is 4.64. The second kappa shape index (κ2) is 3.76. The van der Waals surface area contributed by atoms with Gasteiger partial charge in [0, 0.05) is 0 Å². The summed E-state index contributed by atoms with van der Waals surface area (Å²) in [5, 5.41) is 0. The summed E-state index contributed by atoms with van der Waals surface area (Å²) >= 11 is 7.07. The van der Waals surface area contributed by atoms with E-state index in [2.05, 4.69) is 24.1 Å². The maximum atomic E-state index is 7.87. The number of hydrogen-bond donors (Lipinski definition) is 3. The molecule has 0 unspecified atom stereocenters. The van der Waals surface area contributed by atoms with Crippen molar-refractivity contribution in [2.75, 3.05) is 0 Å². The summed E-state index contributed by atoms with van der Waals surface area (Å²) < 4.78 is 0. The Morgan fingerprint density at radius 3 is 1.50 bits per heavy atom. The van der Waals surface area contributed by atoms with E-state index >= 15 is 0 Å². The van der Waals surface area contributed by atoms with Gasteiger partial charge in [-0.3, -0.25) is 0 Å². The van der Waals surface area contributed by atoms with Crippen LogP contribution in [0.15, 0.2) is 0 Å². The van der Waals surface area contributed by atoms with Gasteiger partial charge in [0.2, 0.25) is 5.69 Å². The van der Waals surface area contributed by atoms with Gasteiger partial charge in [0.1, 0.15) is 0 Å². The summed E-state index contributed by atoms with van der Waals surface area (Å²) in [7, 11) is 0. The van der Waals surface area contributed by atoms with Crippen molar-refractivity contribution in [2.45, 2.75) is 0 Å². The molecule has 0 aliphatic rings. The molecule has 0 aromatic heterocycles. The summed E-state index contributed by atoms with van der Waals surface area (Å²) in [5.74, 6) is 0. The Balaban J connectivity index is 0. The van der Waals surface area contributed by atoms with Crippen molar-refractivity contribution in [3.63, 3.8) is 0 Å². The molecule has 0 amide bonds. The molecule has 6 heteroatoms. The summed E-state index contributed by atoms with van der Waals surface area (Å²) in [5.41, 5.74) is -3.11. The maximum absolute atomic E-state index is 7.87. The molecule has 0 aliphatic heterocycles. The van der Waals surface area contributed by atoms with Crippen LogP contribution in [-0.4, -0.2) is 36.0 Å². The van der Waals surface area contributed by atoms with Crippen molar-refractivity contribution in [2.24, 2.45) is 0 Å².